The molecule has 3 aromatic rings. The van der Waals surface area contributed by atoms with E-state index >= 15 is 0 Å². The number of furan rings is 1. The molecule has 1 N–H and O–H groups in total. The molecule has 0 aliphatic carbocycles. The van der Waals surface area contributed by atoms with Gasteiger partial charge in [0.15, 0.2) is 0 Å². The molecule has 0 aliphatic heterocycles. The number of hydrogen-bond acceptors (Lipinski definition) is 5. The van der Waals surface area contributed by atoms with Crippen molar-refractivity contribution in [2.75, 3.05) is 5.32 Å². The molecule has 0 spiro atoms. The van der Waals surface area contributed by atoms with E-state index in [1.165, 1.54) is 18.2 Å². The molecular weight excluding hydrogens is 417 g/mol. The molecular formula is C20H11Cl2N3O4. The van der Waals surface area contributed by atoms with Crippen molar-refractivity contribution >= 4 is 46.6 Å². The Labute approximate surface area is 174 Å². The van der Waals surface area contributed by atoms with Crippen LogP contribution in [0.5, 0.6) is 0 Å². The lowest BCUT2D eigenvalue weighted by Crippen LogP contribution is -2.13. The number of benzene rings is 2. The van der Waals surface area contributed by atoms with Crippen molar-refractivity contribution in [3.8, 4) is 17.4 Å². The Balaban J connectivity index is 1.81. The second-order valence-electron chi connectivity index (χ2n) is 5.76. The summed E-state index contributed by atoms with van der Waals surface area (Å²) in [6.07, 6.45) is 1.28. The number of anilines is 1. The zero-order valence-corrected chi connectivity index (χ0v) is 16.1. The number of halogens is 2. The van der Waals surface area contributed by atoms with Gasteiger partial charge >= 0.3 is 0 Å². The third kappa shape index (κ3) is 4.82. The van der Waals surface area contributed by atoms with Crippen LogP contribution in [0.15, 0.2) is 64.6 Å². The minimum absolute atomic E-state index is 0.0608. The first-order chi connectivity index (χ1) is 13.9. The van der Waals surface area contributed by atoms with Crippen LogP contribution >= 0.6 is 23.2 Å². The standard InChI is InChI=1S/C20H11Cl2N3O4/c21-14-3-1-12(2-4-14)19-8-6-16(29-19)9-13(11-23)20(26)24-15-5-7-17(22)18(10-15)25(27)28/h1-10H,(H,24,26). The Bertz CT molecular complexity index is 1160. The molecule has 1 heterocycles. The van der Waals surface area contributed by atoms with Crippen molar-refractivity contribution in [2.24, 2.45) is 0 Å². The van der Waals surface area contributed by atoms with Gasteiger partial charge in [-0.25, -0.2) is 0 Å². The molecule has 0 saturated heterocycles. The van der Waals surface area contributed by atoms with E-state index in [9.17, 15) is 20.2 Å². The predicted molar refractivity (Wildman–Crippen MR) is 109 cm³/mol. The topological polar surface area (TPSA) is 109 Å². The Morgan fingerprint density at radius 1 is 1.14 bits per heavy atom. The van der Waals surface area contributed by atoms with E-state index in [2.05, 4.69) is 5.32 Å². The largest absolute Gasteiger partial charge is 0.457 e. The van der Waals surface area contributed by atoms with E-state index < -0.39 is 10.8 Å². The summed E-state index contributed by atoms with van der Waals surface area (Å²) >= 11 is 11.6. The highest BCUT2D eigenvalue weighted by Crippen LogP contribution is 2.28. The lowest BCUT2D eigenvalue weighted by Gasteiger charge is -2.04. The Morgan fingerprint density at radius 3 is 2.52 bits per heavy atom. The van der Waals surface area contributed by atoms with Crippen LogP contribution in [0.2, 0.25) is 10.0 Å². The fraction of sp³-hybridized carbons (Fsp3) is 0. The molecule has 0 radical (unpaired) electrons. The summed E-state index contributed by atoms with van der Waals surface area (Å²) in [7, 11) is 0. The zero-order chi connectivity index (χ0) is 21.0. The van der Waals surface area contributed by atoms with Crippen LogP contribution in [0.3, 0.4) is 0 Å². The summed E-state index contributed by atoms with van der Waals surface area (Å²) < 4.78 is 5.65. The fourth-order valence-electron chi connectivity index (χ4n) is 2.42. The summed E-state index contributed by atoms with van der Waals surface area (Å²) in [5.41, 5.74) is 0.323. The van der Waals surface area contributed by atoms with Crippen molar-refractivity contribution in [3.05, 3.63) is 86.1 Å². The van der Waals surface area contributed by atoms with Gasteiger partial charge in [-0.2, -0.15) is 5.26 Å². The van der Waals surface area contributed by atoms with Gasteiger partial charge in [0.1, 0.15) is 28.2 Å². The monoisotopic (exact) mass is 427 g/mol. The van der Waals surface area contributed by atoms with Crippen molar-refractivity contribution in [1.29, 1.82) is 5.26 Å². The third-order valence-corrected chi connectivity index (χ3v) is 4.38. The van der Waals surface area contributed by atoms with Crippen molar-refractivity contribution in [2.45, 2.75) is 0 Å². The molecule has 0 bridgehead atoms. The summed E-state index contributed by atoms with van der Waals surface area (Å²) in [6.45, 7) is 0. The number of nitrogens with zero attached hydrogens (tertiary/aromatic N) is 2. The van der Waals surface area contributed by atoms with Gasteiger partial charge in [0.05, 0.1) is 4.92 Å². The van der Waals surface area contributed by atoms with E-state index in [-0.39, 0.29) is 22.0 Å². The highest BCUT2D eigenvalue weighted by atomic mass is 35.5. The Morgan fingerprint density at radius 2 is 1.86 bits per heavy atom. The van der Waals surface area contributed by atoms with E-state index in [0.29, 0.717) is 16.5 Å². The molecule has 3 rings (SSSR count). The number of rotatable bonds is 5. The molecule has 0 unspecified atom stereocenters. The summed E-state index contributed by atoms with van der Waals surface area (Å²) in [6, 6.07) is 15.9. The smallest absolute Gasteiger partial charge is 0.289 e. The first kappa shape index (κ1) is 20.1. The van der Waals surface area contributed by atoms with Crippen LogP contribution in [0.25, 0.3) is 17.4 Å². The average Bonchev–Trinajstić information content (AvgIpc) is 3.16. The van der Waals surface area contributed by atoms with Crippen molar-refractivity contribution < 1.29 is 14.1 Å². The van der Waals surface area contributed by atoms with Gasteiger partial charge in [-0.3, -0.25) is 14.9 Å². The first-order valence-electron chi connectivity index (χ1n) is 8.10. The number of carbonyl (C=O) groups is 1. The lowest BCUT2D eigenvalue weighted by molar-refractivity contribution is -0.384. The predicted octanol–water partition coefficient (Wildman–Crippen LogP) is 5.71. The van der Waals surface area contributed by atoms with Crippen molar-refractivity contribution in [1.82, 2.24) is 0 Å². The summed E-state index contributed by atoms with van der Waals surface area (Å²) in [5.74, 6) is 0.0937. The fourth-order valence-corrected chi connectivity index (χ4v) is 2.73. The molecule has 2 aromatic carbocycles. The third-order valence-electron chi connectivity index (χ3n) is 3.81. The lowest BCUT2D eigenvalue weighted by atomic mass is 10.2. The molecule has 144 valence electrons. The highest BCUT2D eigenvalue weighted by Gasteiger charge is 2.16. The molecule has 29 heavy (non-hydrogen) atoms. The second-order valence-corrected chi connectivity index (χ2v) is 6.60. The molecule has 9 heteroatoms. The summed E-state index contributed by atoms with van der Waals surface area (Å²) in [4.78, 5) is 22.7. The van der Waals surface area contributed by atoms with E-state index in [4.69, 9.17) is 27.6 Å². The first-order valence-corrected chi connectivity index (χ1v) is 8.86. The summed E-state index contributed by atoms with van der Waals surface area (Å²) in [5, 5.41) is 23.2. The van der Waals surface area contributed by atoms with Gasteiger partial charge in [0.2, 0.25) is 0 Å². The minimum Gasteiger partial charge on any atom is -0.457 e. The molecule has 0 fully saturated rings. The minimum atomic E-state index is -0.742. The van der Waals surface area contributed by atoms with Gasteiger partial charge in [0.25, 0.3) is 11.6 Å². The Hall–Kier alpha value is -3.60. The Kier molecular flexibility index (Phi) is 5.98. The number of nitriles is 1. The zero-order valence-electron chi connectivity index (χ0n) is 14.6. The van der Waals surface area contributed by atoms with Gasteiger partial charge in [-0.15, -0.1) is 0 Å². The van der Waals surface area contributed by atoms with E-state index in [1.54, 1.807) is 42.5 Å². The van der Waals surface area contributed by atoms with Crippen LogP contribution in [0.1, 0.15) is 5.76 Å². The van der Waals surface area contributed by atoms with Gasteiger partial charge in [-0.05, 0) is 48.5 Å². The average molecular weight is 428 g/mol. The van der Waals surface area contributed by atoms with Crippen LogP contribution in [-0.2, 0) is 4.79 Å². The van der Waals surface area contributed by atoms with E-state index in [1.807, 2.05) is 0 Å². The highest BCUT2D eigenvalue weighted by molar-refractivity contribution is 6.32. The van der Waals surface area contributed by atoms with Crippen LogP contribution in [-0.4, -0.2) is 10.8 Å². The SMILES string of the molecule is N#CC(=Cc1ccc(-c2ccc(Cl)cc2)o1)C(=O)Nc1ccc(Cl)c([N+](=O)[O-])c1. The second kappa shape index (κ2) is 8.61. The van der Waals surface area contributed by atoms with Gasteiger partial charge < -0.3 is 9.73 Å². The maximum absolute atomic E-state index is 12.4. The molecule has 0 saturated carbocycles. The number of nitrogens with one attached hydrogen (secondary N) is 1. The number of hydrogen-bond donors (Lipinski definition) is 1. The molecule has 1 amide bonds. The molecule has 0 aliphatic rings. The van der Waals surface area contributed by atoms with E-state index in [0.717, 1.165) is 11.6 Å². The van der Waals surface area contributed by atoms with Gasteiger partial charge in [-0.1, -0.05) is 23.2 Å². The van der Waals surface area contributed by atoms with Crippen LogP contribution in [0.4, 0.5) is 11.4 Å². The van der Waals surface area contributed by atoms with Crippen LogP contribution in [0, 0.1) is 21.4 Å². The van der Waals surface area contributed by atoms with Crippen LogP contribution < -0.4 is 5.32 Å². The quantitative estimate of drug-likeness (QED) is 0.242. The molecule has 0 atom stereocenters. The number of nitro benzene ring substituents is 1. The van der Waals surface area contributed by atoms with Crippen molar-refractivity contribution in [3.63, 3.8) is 0 Å². The number of carbonyl (C=O) groups excluding carboxylic acids is 1. The molecule has 7 nitrogen and oxygen atoms in total. The number of amides is 1. The normalized spacial score (nSPS) is 11.0. The maximum atomic E-state index is 12.4. The number of nitro groups is 1. The van der Waals surface area contributed by atoms with Gasteiger partial charge in [0, 0.05) is 28.4 Å². The maximum Gasteiger partial charge on any atom is 0.289 e. The molecule has 1 aromatic heterocycles.